The average Bonchev–Trinajstić information content (AvgIpc) is 3.19. The van der Waals surface area contributed by atoms with Crippen LogP contribution in [0.15, 0.2) is 23.8 Å². The van der Waals surface area contributed by atoms with E-state index < -0.39 is 0 Å². The summed E-state index contributed by atoms with van der Waals surface area (Å²) in [5, 5.41) is 0. The quantitative estimate of drug-likeness (QED) is 0.555. The summed E-state index contributed by atoms with van der Waals surface area (Å²) in [4.78, 5) is 10.9. The molecule has 0 saturated heterocycles. The molecule has 2 aliphatic rings. The van der Waals surface area contributed by atoms with Gasteiger partial charge in [0.1, 0.15) is 5.82 Å². The van der Waals surface area contributed by atoms with E-state index in [0.29, 0.717) is 12.2 Å². The van der Waals surface area contributed by atoms with Crippen LogP contribution in [0.2, 0.25) is 0 Å². The molecule has 0 N–H and O–H groups in total. The van der Waals surface area contributed by atoms with Crippen molar-refractivity contribution in [2.45, 2.75) is 51.4 Å². The van der Waals surface area contributed by atoms with Gasteiger partial charge in [-0.25, -0.2) is 4.39 Å². The predicted molar refractivity (Wildman–Crippen MR) is 78.6 cm³/mol. The van der Waals surface area contributed by atoms with Gasteiger partial charge in [0.2, 0.25) is 0 Å². The Hall–Kier alpha value is -1.44. The van der Waals surface area contributed by atoms with Crippen LogP contribution >= 0.6 is 0 Å². The summed E-state index contributed by atoms with van der Waals surface area (Å²) in [5.41, 5.74) is 4.04. The minimum absolute atomic E-state index is 0.212. The summed E-state index contributed by atoms with van der Waals surface area (Å²) in [6.07, 6.45) is 9.64. The molecule has 0 heterocycles. The molecule has 0 bridgehead atoms. The van der Waals surface area contributed by atoms with Gasteiger partial charge in [-0.3, -0.25) is 4.79 Å². The molecular formula is C18H21FO. The van der Waals surface area contributed by atoms with Gasteiger partial charge in [0.15, 0.2) is 6.29 Å². The van der Waals surface area contributed by atoms with Gasteiger partial charge in [-0.05, 0) is 73.6 Å². The molecule has 20 heavy (non-hydrogen) atoms. The number of hydrogen-bond donors (Lipinski definition) is 0. The van der Waals surface area contributed by atoms with Crippen molar-refractivity contribution in [2.75, 3.05) is 0 Å². The highest BCUT2D eigenvalue weighted by molar-refractivity contribution is 5.76. The van der Waals surface area contributed by atoms with Gasteiger partial charge in [-0.2, -0.15) is 0 Å². The van der Waals surface area contributed by atoms with Crippen LogP contribution in [0.25, 0.3) is 0 Å². The topological polar surface area (TPSA) is 17.1 Å². The molecule has 0 amide bonds. The molecule has 1 aromatic rings. The van der Waals surface area contributed by atoms with E-state index in [1.165, 1.54) is 36.8 Å². The molecule has 1 nitrogen and oxygen atoms in total. The van der Waals surface area contributed by atoms with Gasteiger partial charge in [-0.15, -0.1) is 0 Å². The monoisotopic (exact) mass is 272 g/mol. The Labute approximate surface area is 119 Å². The van der Waals surface area contributed by atoms with E-state index in [-0.39, 0.29) is 11.4 Å². The van der Waals surface area contributed by atoms with E-state index in [2.05, 4.69) is 13.0 Å². The second-order valence-electron chi connectivity index (χ2n) is 6.37. The van der Waals surface area contributed by atoms with E-state index in [0.717, 1.165) is 24.3 Å². The number of allylic oxidation sites excluding steroid dienone is 2. The molecule has 1 fully saturated rings. The lowest BCUT2D eigenvalue weighted by Crippen LogP contribution is -1.99. The second-order valence-corrected chi connectivity index (χ2v) is 6.37. The summed E-state index contributed by atoms with van der Waals surface area (Å²) >= 11 is 0. The van der Waals surface area contributed by atoms with Gasteiger partial charge in [-0.1, -0.05) is 18.6 Å². The van der Waals surface area contributed by atoms with Crippen molar-refractivity contribution in [3.63, 3.8) is 0 Å². The third kappa shape index (κ3) is 2.84. The van der Waals surface area contributed by atoms with Crippen molar-refractivity contribution in [3.8, 4) is 0 Å². The third-order valence-corrected chi connectivity index (χ3v) is 4.54. The van der Waals surface area contributed by atoms with Crippen molar-refractivity contribution >= 4 is 6.29 Å². The minimum Gasteiger partial charge on any atom is -0.298 e. The first-order valence-corrected chi connectivity index (χ1v) is 7.62. The SMILES string of the molecule is CC1CC=C(CCc2cc(F)c(C=O)cc2C2CC2)C1. The predicted octanol–water partition coefficient (Wildman–Crippen LogP) is 4.80. The fraction of sp³-hybridized carbons (Fsp3) is 0.500. The lowest BCUT2D eigenvalue weighted by Gasteiger charge is -2.11. The summed E-state index contributed by atoms with van der Waals surface area (Å²) in [6.45, 7) is 2.28. The van der Waals surface area contributed by atoms with Crippen LogP contribution < -0.4 is 0 Å². The molecule has 2 aliphatic carbocycles. The number of rotatable bonds is 5. The van der Waals surface area contributed by atoms with Gasteiger partial charge in [0, 0.05) is 0 Å². The minimum atomic E-state index is -0.367. The normalized spacial score (nSPS) is 21.9. The Morgan fingerprint density at radius 1 is 1.30 bits per heavy atom. The highest BCUT2D eigenvalue weighted by Crippen LogP contribution is 2.43. The average molecular weight is 272 g/mol. The maximum Gasteiger partial charge on any atom is 0.153 e. The molecule has 0 aromatic heterocycles. The maximum absolute atomic E-state index is 13.8. The van der Waals surface area contributed by atoms with Gasteiger partial charge >= 0.3 is 0 Å². The Kier molecular flexibility index (Phi) is 3.73. The van der Waals surface area contributed by atoms with Gasteiger partial charge in [0.05, 0.1) is 5.56 Å². The Morgan fingerprint density at radius 2 is 2.10 bits per heavy atom. The van der Waals surface area contributed by atoms with Crippen LogP contribution in [0.4, 0.5) is 4.39 Å². The molecule has 1 aromatic carbocycles. The zero-order valence-corrected chi connectivity index (χ0v) is 12.0. The van der Waals surface area contributed by atoms with Crippen LogP contribution in [0.3, 0.4) is 0 Å². The molecule has 1 saturated carbocycles. The van der Waals surface area contributed by atoms with Crippen LogP contribution in [0.5, 0.6) is 0 Å². The van der Waals surface area contributed by atoms with Gasteiger partial charge in [0.25, 0.3) is 0 Å². The van der Waals surface area contributed by atoms with Crippen LogP contribution in [0.1, 0.15) is 66.4 Å². The lowest BCUT2D eigenvalue weighted by molar-refractivity contribution is 0.111. The lowest BCUT2D eigenvalue weighted by atomic mass is 9.94. The van der Waals surface area contributed by atoms with Crippen LogP contribution in [0, 0.1) is 11.7 Å². The highest BCUT2D eigenvalue weighted by atomic mass is 19.1. The highest BCUT2D eigenvalue weighted by Gasteiger charge is 2.27. The second kappa shape index (κ2) is 5.51. The van der Waals surface area contributed by atoms with Crippen molar-refractivity contribution in [2.24, 2.45) is 5.92 Å². The largest absolute Gasteiger partial charge is 0.298 e. The molecule has 0 spiro atoms. The molecule has 2 heteroatoms. The Balaban J connectivity index is 1.77. The summed E-state index contributed by atoms with van der Waals surface area (Å²) < 4.78 is 13.8. The first kappa shape index (κ1) is 13.5. The number of carbonyl (C=O) groups excluding carboxylic acids is 1. The maximum atomic E-state index is 13.8. The number of aryl methyl sites for hydroxylation is 1. The smallest absolute Gasteiger partial charge is 0.153 e. The van der Waals surface area contributed by atoms with Crippen molar-refractivity contribution in [3.05, 3.63) is 46.3 Å². The number of hydrogen-bond acceptors (Lipinski definition) is 1. The fourth-order valence-corrected chi connectivity index (χ4v) is 3.21. The van der Waals surface area contributed by atoms with Crippen molar-refractivity contribution in [1.82, 2.24) is 0 Å². The Morgan fingerprint density at radius 3 is 2.70 bits per heavy atom. The van der Waals surface area contributed by atoms with E-state index in [1.54, 1.807) is 12.1 Å². The zero-order valence-electron chi connectivity index (χ0n) is 12.0. The summed E-state index contributed by atoms with van der Waals surface area (Å²) in [7, 11) is 0. The Bertz CT molecular complexity index is 555. The zero-order chi connectivity index (χ0) is 14.1. The first-order chi connectivity index (χ1) is 9.67. The summed E-state index contributed by atoms with van der Waals surface area (Å²) in [5.74, 6) is 0.955. The molecule has 1 atom stereocenters. The molecule has 106 valence electrons. The fourth-order valence-electron chi connectivity index (χ4n) is 3.21. The van der Waals surface area contributed by atoms with Gasteiger partial charge < -0.3 is 0 Å². The van der Waals surface area contributed by atoms with E-state index in [9.17, 15) is 9.18 Å². The molecule has 3 rings (SSSR count). The number of carbonyl (C=O) groups is 1. The number of halogens is 1. The van der Waals surface area contributed by atoms with Crippen LogP contribution in [-0.2, 0) is 6.42 Å². The molecule has 0 aliphatic heterocycles. The standard InChI is InChI=1S/C18H21FO/c1-12-2-3-13(8-12)4-5-15-10-18(19)16(11-20)9-17(15)14-6-7-14/h3,9-12,14H,2,4-8H2,1H3. The molecular weight excluding hydrogens is 251 g/mol. The summed E-state index contributed by atoms with van der Waals surface area (Å²) in [6, 6.07) is 3.37. The third-order valence-electron chi connectivity index (χ3n) is 4.54. The van der Waals surface area contributed by atoms with Crippen molar-refractivity contribution in [1.29, 1.82) is 0 Å². The first-order valence-electron chi connectivity index (χ1n) is 7.62. The van der Waals surface area contributed by atoms with Crippen molar-refractivity contribution < 1.29 is 9.18 Å². The number of benzene rings is 1. The van der Waals surface area contributed by atoms with E-state index in [1.807, 2.05) is 0 Å². The number of aldehydes is 1. The molecule has 1 unspecified atom stereocenters. The molecule has 0 radical (unpaired) electrons. The van der Waals surface area contributed by atoms with E-state index in [4.69, 9.17) is 0 Å². The van der Waals surface area contributed by atoms with E-state index >= 15 is 0 Å². The van der Waals surface area contributed by atoms with Crippen LogP contribution in [-0.4, -0.2) is 6.29 Å².